The van der Waals surface area contributed by atoms with Gasteiger partial charge in [0, 0.05) is 5.69 Å². The summed E-state index contributed by atoms with van der Waals surface area (Å²) in [5, 5.41) is 11.6. The summed E-state index contributed by atoms with van der Waals surface area (Å²) in [4.78, 5) is 35.3. The summed E-state index contributed by atoms with van der Waals surface area (Å²) in [7, 11) is 0. The molecular formula is C19H14ClNO6. The first kappa shape index (κ1) is 18.5. The minimum atomic E-state index is -1.37. The monoisotopic (exact) mass is 387 g/mol. The second kappa shape index (κ2) is 7.51. The molecule has 1 atom stereocenters. The molecule has 27 heavy (non-hydrogen) atoms. The van der Waals surface area contributed by atoms with E-state index in [9.17, 15) is 14.4 Å². The van der Waals surface area contributed by atoms with E-state index in [-0.39, 0.29) is 16.3 Å². The number of rotatable bonds is 5. The first-order chi connectivity index (χ1) is 12.9. The molecule has 2 aromatic rings. The van der Waals surface area contributed by atoms with E-state index in [1.54, 1.807) is 37.3 Å². The van der Waals surface area contributed by atoms with E-state index in [0.29, 0.717) is 16.8 Å². The van der Waals surface area contributed by atoms with Crippen molar-refractivity contribution < 1.29 is 29.0 Å². The van der Waals surface area contributed by atoms with Crippen LogP contribution < -0.4 is 5.32 Å². The topological polar surface area (TPSA) is 102 Å². The number of esters is 2. The summed E-state index contributed by atoms with van der Waals surface area (Å²) in [5.74, 6) is -2.65. The molecule has 0 aromatic heterocycles. The molecule has 1 aliphatic heterocycles. The number of carboxylic acid groups (broad SMARTS) is 1. The Kier molecular flexibility index (Phi) is 5.14. The van der Waals surface area contributed by atoms with Crippen molar-refractivity contribution in [3.8, 4) is 0 Å². The Morgan fingerprint density at radius 1 is 1.19 bits per heavy atom. The van der Waals surface area contributed by atoms with Crippen LogP contribution in [0.1, 0.15) is 26.3 Å². The second-order valence-electron chi connectivity index (χ2n) is 5.70. The summed E-state index contributed by atoms with van der Waals surface area (Å²) in [6.45, 7) is 1.75. The maximum atomic E-state index is 12.4. The van der Waals surface area contributed by atoms with E-state index < -0.39 is 24.2 Å². The normalized spacial score (nSPS) is 16.1. The van der Waals surface area contributed by atoms with Crippen LogP contribution in [0.15, 0.2) is 59.3 Å². The summed E-state index contributed by atoms with van der Waals surface area (Å²) < 4.78 is 10.3. The fourth-order valence-electron chi connectivity index (χ4n) is 2.47. The molecule has 0 bridgehead atoms. The maximum Gasteiger partial charge on any atom is 0.355 e. The van der Waals surface area contributed by atoms with Gasteiger partial charge in [-0.2, -0.15) is 0 Å². The van der Waals surface area contributed by atoms with Gasteiger partial charge in [-0.3, -0.25) is 0 Å². The van der Waals surface area contributed by atoms with Crippen molar-refractivity contribution in [2.75, 3.05) is 5.32 Å². The zero-order valence-electron chi connectivity index (χ0n) is 14.1. The molecular weight excluding hydrogens is 374 g/mol. The molecule has 0 spiro atoms. The molecule has 0 fully saturated rings. The molecule has 138 valence electrons. The number of aromatic carboxylic acids is 1. The molecule has 1 aliphatic rings. The third-order valence-electron chi connectivity index (χ3n) is 3.83. The third kappa shape index (κ3) is 3.93. The van der Waals surface area contributed by atoms with Crippen molar-refractivity contribution in [2.45, 2.75) is 13.2 Å². The highest BCUT2D eigenvalue weighted by Crippen LogP contribution is 2.29. The predicted molar refractivity (Wildman–Crippen MR) is 96.4 cm³/mol. The van der Waals surface area contributed by atoms with E-state index in [1.165, 1.54) is 18.2 Å². The highest BCUT2D eigenvalue weighted by Gasteiger charge is 2.37. The maximum absolute atomic E-state index is 12.4. The summed E-state index contributed by atoms with van der Waals surface area (Å²) >= 11 is 5.97. The quantitative estimate of drug-likeness (QED) is 0.759. The molecule has 3 rings (SSSR count). The zero-order valence-corrected chi connectivity index (χ0v) is 14.8. The van der Waals surface area contributed by atoms with Crippen LogP contribution in [-0.4, -0.2) is 29.3 Å². The molecule has 7 nitrogen and oxygen atoms in total. The van der Waals surface area contributed by atoms with Crippen LogP contribution in [0.25, 0.3) is 0 Å². The number of anilines is 1. The molecule has 0 saturated carbocycles. The van der Waals surface area contributed by atoms with E-state index in [1.807, 2.05) is 0 Å². The van der Waals surface area contributed by atoms with E-state index >= 15 is 0 Å². The van der Waals surface area contributed by atoms with Crippen LogP contribution in [0.4, 0.5) is 5.69 Å². The van der Waals surface area contributed by atoms with Gasteiger partial charge in [-0.15, -0.1) is 0 Å². The van der Waals surface area contributed by atoms with Crippen molar-refractivity contribution in [3.05, 3.63) is 76.0 Å². The van der Waals surface area contributed by atoms with Crippen LogP contribution in [-0.2, 0) is 14.3 Å². The first-order valence-electron chi connectivity index (χ1n) is 7.84. The highest BCUT2D eigenvalue weighted by atomic mass is 35.5. The fraction of sp³-hybridized carbons (Fsp3) is 0.105. The van der Waals surface area contributed by atoms with Gasteiger partial charge in [-0.1, -0.05) is 35.9 Å². The number of hydrogen-bond acceptors (Lipinski definition) is 6. The summed E-state index contributed by atoms with van der Waals surface area (Å²) in [6, 6.07) is 12.7. The number of benzene rings is 2. The smallest absolute Gasteiger partial charge is 0.355 e. The predicted octanol–water partition coefficient (Wildman–Crippen LogP) is 3.30. The fourth-order valence-corrected chi connectivity index (χ4v) is 2.65. The van der Waals surface area contributed by atoms with E-state index in [4.69, 9.17) is 26.2 Å². The van der Waals surface area contributed by atoms with Crippen LogP contribution in [0.3, 0.4) is 0 Å². The minimum Gasteiger partial charge on any atom is -0.478 e. The molecule has 2 N–H and O–H groups in total. The third-order valence-corrected chi connectivity index (χ3v) is 4.19. The van der Waals surface area contributed by atoms with E-state index in [2.05, 4.69) is 5.32 Å². The Balaban J connectivity index is 1.83. The Bertz CT molecular complexity index is 968. The van der Waals surface area contributed by atoms with Gasteiger partial charge in [0.2, 0.25) is 0 Å². The summed E-state index contributed by atoms with van der Waals surface area (Å²) in [6.07, 6.45) is -1.37. The lowest BCUT2D eigenvalue weighted by Gasteiger charge is -2.17. The standard InChI is InChI=1S/C19H14ClNO6/c1-10-5-2-3-8-13(10)17(24)26-19-15(14(20)18(25)27-19)21-12-7-4-6-11(9-12)16(22)23/h2-9,19,21H,1H3,(H,22,23)/t19-/m1/s1. The molecule has 0 unspecified atom stereocenters. The van der Waals surface area contributed by atoms with Crippen LogP contribution in [0, 0.1) is 6.92 Å². The average molecular weight is 388 g/mol. The lowest BCUT2D eigenvalue weighted by atomic mass is 10.1. The van der Waals surface area contributed by atoms with Gasteiger partial charge in [-0.05, 0) is 36.8 Å². The van der Waals surface area contributed by atoms with Gasteiger partial charge in [-0.25, -0.2) is 14.4 Å². The van der Waals surface area contributed by atoms with Crippen LogP contribution in [0.5, 0.6) is 0 Å². The van der Waals surface area contributed by atoms with Gasteiger partial charge < -0.3 is 19.9 Å². The van der Waals surface area contributed by atoms with Gasteiger partial charge in [0.05, 0.1) is 11.1 Å². The number of halogens is 1. The van der Waals surface area contributed by atoms with E-state index in [0.717, 1.165) is 0 Å². The van der Waals surface area contributed by atoms with Crippen LogP contribution in [0.2, 0.25) is 0 Å². The van der Waals surface area contributed by atoms with Crippen molar-refractivity contribution in [3.63, 3.8) is 0 Å². The number of carbonyl (C=O) groups is 3. The van der Waals surface area contributed by atoms with Crippen molar-refractivity contribution in [1.82, 2.24) is 0 Å². The van der Waals surface area contributed by atoms with Gasteiger partial charge in [0.25, 0.3) is 6.29 Å². The lowest BCUT2D eigenvalue weighted by Crippen LogP contribution is -2.24. The first-order valence-corrected chi connectivity index (χ1v) is 8.22. The van der Waals surface area contributed by atoms with Gasteiger partial charge in [0.1, 0.15) is 5.70 Å². The minimum absolute atomic E-state index is 0.0196. The van der Waals surface area contributed by atoms with Gasteiger partial charge >= 0.3 is 17.9 Å². The zero-order chi connectivity index (χ0) is 19.6. The Morgan fingerprint density at radius 3 is 2.63 bits per heavy atom. The number of aryl methyl sites for hydroxylation is 1. The molecule has 0 saturated heterocycles. The molecule has 8 heteroatoms. The number of hydrogen-bond donors (Lipinski definition) is 2. The van der Waals surface area contributed by atoms with Crippen molar-refractivity contribution >= 4 is 35.2 Å². The number of cyclic esters (lactones) is 1. The Labute approximate surface area is 159 Å². The largest absolute Gasteiger partial charge is 0.478 e. The molecule has 0 radical (unpaired) electrons. The SMILES string of the molecule is Cc1ccccc1C(=O)O[C@@H]1OC(=O)C(Cl)=C1Nc1cccc(C(=O)O)c1. The number of ether oxygens (including phenoxy) is 2. The molecule has 0 aliphatic carbocycles. The summed E-state index contributed by atoms with van der Waals surface area (Å²) in [5.41, 5.74) is 1.43. The van der Waals surface area contributed by atoms with Crippen molar-refractivity contribution in [1.29, 1.82) is 0 Å². The van der Waals surface area contributed by atoms with Gasteiger partial charge in [0.15, 0.2) is 5.03 Å². The van der Waals surface area contributed by atoms with Crippen LogP contribution >= 0.6 is 11.6 Å². The average Bonchev–Trinajstić information content (AvgIpc) is 2.89. The number of carboxylic acids is 1. The van der Waals surface area contributed by atoms with Crippen molar-refractivity contribution in [2.24, 2.45) is 0 Å². The molecule has 1 heterocycles. The molecule has 2 aromatic carbocycles. The second-order valence-corrected chi connectivity index (χ2v) is 6.07. The Morgan fingerprint density at radius 2 is 1.93 bits per heavy atom. The lowest BCUT2D eigenvalue weighted by molar-refractivity contribution is -0.152. The number of carbonyl (C=O) groups excluding carboxylic acids is 2. The highest BCUT2D eigenvalue weighted by molar-refractivity contribution is 6.42. The number of nitrogens with one attached hydrogen (secondary N) is 1. The molecule has 0 amide bonds. The Hall–Kier alpha value is -3.32.